The zero-order chi connectivity index (χ0) is 21.1. The van der Waals surface area contributed by atoms with Crippen molar-refractivity contribution in [1.82, 2.24) is 4.90 Å². The molecule has 1 atom stereocenters. The smallest absolute Gasteiger partial charge is 0.254 e. The van der Waals surface area contributed by atoms with Gasteiger partial charge in [-0.2, -0.15) is 0 Å². The van der Waals surface area contributed by atoms with Crippen molar-refractivity contribution in [3.8, 4) is 16.9 Å². The number of nitrogens with zero attached hydrogens (tertiary/aromatic N) is 2. The van der Waals surface area contributed by atoms with Crippen LogP contribution >= 0.6 is 0 Å². The molecular formula is C25H24N2O3. The lowest BCUT2D eigenvalue weighted by Crippen LogP contribution is -2.57. The number of benzene rings is 3. The monoisotopic (exact) mass is 400 g/mol. The molecule has 5 heteroatoms. The summed E-state index contributed by atoms with van der Waals surface area (Å²) in [7, 11) is 1.59. The maximum absolute atomic E-state index is 13.3. The maximum Gasteiger partial charge on any atom is 0.254 e. The van der Waals surface area contributed by atoms with Crippen LogP contribution in [-0.4, -0.2) is 43.0 Å². The van der Waals surface area contributed by atoms with Gasteiger partial charge >= 0.3 is 0 Å². The molecule has 0 saturated carbocycles. The van der Waals surface area contributed by atoms with Gasteiger partial charge in [0.25, 0.3) is 5.91 Å². The first-order valence-corrected chi connectivity index (χ1v) is 10.0. The molecule has 0 spiro atoms. The van der Waals surface area contributed by atoms with Gasteiger partial charge in [0.1, 0.15) is 11.8 Å². The van der Waals surface area contributed by atoms with Gasteiger partial charge < -0.3 is 14.5 Å². The highest BCUT2D eigenvalue weighted by Gasteiger charge is 2.36. The zero-order valence-corrected chi connectivity index (χ0v) is 17.1. The number of carbonyl (C=O) groups is 2. The normalized spacial score (nSPS) is 16.5. The van der Waals surface area contributed by atoms with E-state index in [0.717, 1.165) is 16.8 Å². The minimum absolute atomic E-state index is 0.0773. The van der Waals surface area contributed by atoms with Crippen molar-refractivity contribution in [2.45, 2.75) is 13.0 Å². The van der Waals surface area contributed by atoms with Crippen molar-refractivity contribution >= 4 is 17.5 Å². The van der Waals surface area contributed by atoms with Crippen LogP contribution in [0.4, 0.5) is 5.69 Å². The Kier molecular flexibility index (Phi) is 5.53. The van der Waals surface area contributed by atoms with E-state index in [2.05, 4.69) is 0 Å². The molecule has 0 aromatic heterocycles. The second-order valence-corrected chi connectivity index (χ2v) is 7.28. The van der Waals surface area contributed by atoms with Crippen molar-refractivity contribution in [3.63, 3.8) is 0 Å². The van der Waals surface area contributed by atoms with Crippen molar-refractivity contribution in [2.75, 3.05) is 25.1 Å². The van der Waals surface area contributed by atoms with Crippen molar-refractivity contribution < 1.29 is 14.3 Å². The topological polar surface area (TPSA) is 49.9 Å². The van der Waals surface area contributed by atoms with E-state index in [1.807, 2.05) is 54.6 Å². The third-order valence-corrected chi connectivity index (χ3v) is 5.53. The summed E-state index contributed by atoms with van der Waals surface area (Å²) in [4.78, 5) is 29.7. The van der Waals surface area contributed by atoms with E-state index in [-0.39, 0.29) is 11.8 Å². The summed E-state index contributed by atoms with van der Waals surface area (Å²) < 4.78 is 5.16. The second-order valence-electron chi connectivity index (χ2n) is 7.28. The van der Waals surface area contributed by atoms with Crippen LogP contribution in [-0.2, 0) is 4.79 Å². The van der Waals surface area contributed by atoms with Gasteiger partial charge in [-0.25, -0.2) is 0 Å². The number of amides is 2. The highest BCUT2D eigenvalue weighted by molar-refractivity contribution is 6.05. The van der Waals surface area contributed by atoms with Crippen LogP contribution in [0.5, 0.6) is 5.75 Å². The molecule has 30 heavy (non-hydrogen) atoms. The fraction of sp³-hybridized carbons (Fsp3) is 0.200. The second kappa shape index (κ2) is 8.41. The summed E-state index contributed by atoms with van der Waals surface area (Å²) >= 11 is 0. The van der Waals surface area contributed by atoms with E-state index in [9.17, 15) is 9.59 Å². The highest BCUT2D eigenvalue weighted by atomic mass is 16.5. The van der Waals surface area contributed by atoms with Gasteiger partial charge in [0, 0.05) is 24.2 Å². The van der Waals surface area contributed by atoms with Gasteiger partial charge in [-0.1, -0.05) is 48.5 Å². The van der Waals surface area contributed by atoms with Gasteiger partial charge in [0.05, 0.1) is 12.8 Å². The number of piperazine rings is 1. The number of hydrogen-bond donors (Lipinski definition) is 0. The molecule has 3 aromatic rings. The number of hydrogen-bond acceptors (Lipinski definition) is 3. The molecule has 3 aromatic carbocycles. The first kappa shape index (κ1) is 19.7. The number of para-hydroxylation sites is 1. The number of rotatable bonds is 4. The van der Waals surface area contributed by atoms with E-state index >= 15 is 0 Å². The summed E-state index contributed by atoms with van der Waals surface area (Å²) in [6.07, 6.45) is 0. The van der Waals surface area contributed by atoms with E-state index in [0.29, 0.717) is 24.4 Å². The minimum Gasteiger partial charge on any atom is -0.497 e. The largest absolute Gasteiger partial charge is 0.497 e. The average Bonchev–Trinajstić information content (AvgIpc) is 2.81. The van der Waals surface area contributed by atoms with Crippen LogP contribution in [0.2, 0.25) is 0 Å². The van der Waals surface area contributed by atoms with Crippen molar-refractivity contribution in [1.29, 1.82) is 0 Å². The van der Waals surface area contributed by atoms with Gasteiger partial charge in [-0.3, -0.25) is 9.59 Å². The summed E-state index contributed by atoms with van der Waals surface area (Å²) in [6.45, 7) is 2.72. The number of anilines is 1. The molecule has 0 radical (unpaired) electrons. The molecule has 1 heterocycles. The Morgan fingerprint density at radius 3 is 2.27 bits per heavy atom. The van der Waals surface area contributed by atoms with Crippen LogP contribution in [0.25, 0.3) is 11.1 Å². The predicted octanol–water partition coefficient (Wildman–Crippen LogP) is 4.24. The molecule has 0 N–H and O–H groups in total. The molecule has 1 aliphatic rings. The van der Waals surface area contributed by atoms with Crippen LogP contribution in [0.1, 0.15) is 17.3 Å². The van der Waals surface area contributed by atoms with Crippen molar-refractivity contribution in [2.24, 2.45) is 0 Å². The van der Waals surface area contributed by atoms with E-state index in [1.54, 1.807) is 48.1 Å². The Bertz CT molecular complexity index is 1050. The quantitative estimate of drug-likeness (QED) is 0.658. The zero-order valence-electron chi connectivity index (χ0n) is 17.1. The molecule has 1 fully saturated rings. The Labute approximate surface area is 176 Å². The van der Waals surface area contributed by atoms with Gasteiger partial charge in [0.15, 0.2) is 0 Å². The predicted molar refractivity (Wildman–Crippen MR) is 118 cm³/mol. The molecule has 1 aliphatic heterocycles. The van der Waals surface area contributed by atoms with Crippen molar-refractivity contribution in [3.05, 3.63) is 84.4 Å². The molecule has 2 amide bonds. The highest BCUT2D eigenvalue weighted by Crippen LogP contribution is 2.32. The Morgan fingerprint density at radius 1 is 0.900 bits per heavy atom. The SMILES string of the molecule is COc1ccc(C(=O)N2CCN(c3ccccc3-c3ccccc3)C(=O)[C@@H]2C)cc1. The van der Waals surface area contributed by atoms with Crippen LogP contribution < -0.4 is 9.64 Å². The Balaban J connectivity index is 1.58. The third-order valence-electron chi connectivity index (χ3n) is 5.53. The van der Waals surface area contributed by atoms with Gasteiger partial charge in [-0.15, -0.1) is 0 Å². The summed E-state index contributed by atoms with van der Waals surface area (Å²) in [6, 6.07) is 24.4. The molecule has 0 unspecified atom stereocenters. The third kappa shape index (κ3) is 3.66. The number of methoxy groups -OCH3 is 1. The fourth-order valence-electron chi connectivity index (χ4n) is 3.86. The maximum atomic E-state index is 13.3. The summed E-state index contributed by atoms with van der Waals surface area (Å²) in [5, 5.41) is 0. The van der Waals surface area contributed by atoms with Crippen LogP contribution in [0.3, 0.4) is 0 Å². The summed E-state index contributed by atoms with van der Waals surface area (Å²) in [5.41, 5.74) is 3.49. The fourth-order valence-corrected chi connectivity index (χ4v) is 3.86. The Morgan fingerprint density at radius 2 is 1.57 bits per heavy atom. The lowest BCUT2D eigenvalue weighted by Gasteiger charge is -2.39. The number of carbonyl (C=O) groups excluding carboxylic acids is 2. The lowest BCUT2D eigenvalue weighted by atomic mass is 10.0. The molecular weight excluding hydrogens is 376 g/mol. The van der Waals surface area contributed by atoms with Crippen LogP contribution in [0, 0.1) is 0 Å². The van der Waals surface area contributed by atoms with Gasteiger partial charge in [0.2, 0.25) is 5.91 Å². The lowest BCUT2D eigenvalue weighted by molar-refractivity contribution is -0.124. The molecule has 5 nitrogen and oxygen atoms in total. The van der Waals surface area contributed by atoms with E-state index in [4.69, 9.17) is 4.74 Å². The number of ether oxygens (including phenoxy) is 1. The summed E-state index contributed by atoms with van der Waals surface area (Å²) in [5.74, 6) is 0.471. The van der Waals surface area contributed by atoms with E-state index in [1.165, 1.54) is 0 Å². The van der Waals surface area contributed by atoms with Gasteiger partial charge in [-0.05, 0) is 42.8 Å². The standard InChI is InChI=1S/C25H24N2O3/c1-18-24(28)27(23-11-7-6-10-22(23)19-8-4-3-5-9-19)17-16-26(18)25(29)20-12-14-21(30-2)15-13-20/h3-15,18H,16-17H2,1-2H3/t18-/m0/s1. The molecule has 0 aliphatic carbocycles. The average molecular weight is 400 g/mol. The first-order valence-electron chi connectivity index (χ1n) is 10.0. The molecule has 0 bridgehead atoms. The molecule has 1 saturated heterocycles. The Hall–Kier alpha value is -3.60. The molecule has 152 valence electrons. The van der Waals surface area contributed by atoms with E-state index < -0.39 is 6.04 Å². The minimum atomic E-state index is -0.544. The molecule has 4 rings (SSSR count). The van der Waals surface area contributed by atoms with Crippen LogP contribution in [0.15, 0.2) is 78.9 Å². The first-order chi connectivity index (χ1) is 14.6.